The molecule has 2 rings (SSSR count). The van der Waals surface area contributed by atoms with Gasteiger partial charge in [0.05, 0.1) is 11.3 Å². The number of halogens is 3. The fraction of sp³-hybridized carbons (Fsp3) is 0.333. The van der Waals surface area contributed by atoms with E-state index in [1.165, 1.54) is 22.9 Å². The number of benzene rings is 1. The van der Waals surface area contributed by atoms with Crippen LogP contribution in [-0.4, -0.2) is 15.6 Å². The molecule has 0 spiro atoms. The third-order valence-electron chi connectivity index (χ3n) is 3.20. The molecule has 0 unspecified atom stereocenters. The molecule has 21 heavy (non-hydrogen) atoms. The average molecular weight is 296 g/mol. The summed E-state index contributed by atoms with van der Waals surface area (Å²) in [5, 5.41) is 4.20. The molecule has 0 aliphatic carbocycles. The second-order valence-electron chi connectivity index (χ2n) is 4.56. The van der Waals surface area contributed by atoms with Gasteiger partial charge in [0.15, 0.2) is 0 Å². The number of carbonyl (C=O) groups excluding carboxylic acids is 1. The van der Waals surface area contributed by atoms with Crippen LogP contribution in [0, 0.1) is 0 Å². The normalized spacial score (nSPS) is 11.7. The predicted octanol–water partition coefficient (Wildman–Crippen LogP) is 3.72. The minimum atomic E-state index is -4.56. The molecule has 3 nitrogen and oxygen atoms in total. The second kappa shape index (κ2) is 5.71. The van der Waals surface area contributed by atoms with Crippen LogP contribution in [0.25, 0.3) is 0 Å². The van der Waals surface area contributed by atoms with Gasteiger partial charge in [0, 0.05) is 12.1 Å². The molecular weight excluding hydrogens is 281 g/mol. The van der Waals surface area contributed by atoms with Crippen LogP contribution < -0.4 is 0 Å². The SMILES string of the molecule is CCc1cc(C(=O)c2ccccc2C(F)(F)F)n(CC)n1. The van der Waals surface area contributed by atoms with Crippen LogP contribution in [0.3, 0.4) is 0 Å². The van der Waals surface area contributed by atoms with Gasteiger partial charge in [-0.3, -0.25) is 9.48 Å². The summed E-state index contributed by atoms with van der Waals surface area (Å²) in [5.41, 5.74) is -0.394. The quantitative estimate of drug-likeness (QED) is 0.806. The molecule has 6 heteroatoms. The zero-order chi connectivity index (χ0) is 15.6. The first-order valence-electron chi connectivity index (χ1n) is 6.66. The maximum absolute atomic E-state index is 13.0. The van der Waals surface area contributed by atoms with E-state index < -0.39 is 17.5 Å². The molecule has 0 amide bonds. The maximum atomic E-state index is 13.0. The summed E-state index contributed by atoms with van der Waals surface area (Å²) < 4.78 is 40.4. The van der Waals surface area contributed by atoms with Gasteiger partial charge in [-0.2, -0.15) is 18.3 Å². The van der Waals surface area contributed by atoms with Crippen molar-refractivity contribution >= 4 is 5.78 Å². The standard InChI is InChI=1S/C15H15F3N2O/c1-3-10-9-13(20(4-2)19-10)14(21)11-7-5-6-8-12(11)15(16,17)18/h5-9H,3-4H2,1-2H3. The van der Waals surface area contributed by atoms with Crippen molar-refractivity contribution in [2.75, 3.05) is 0 Å². The topological polar surface area (TPSA) is 34.9 Å². The van der Waals surface area contributed by atoms with Gasteiger partial charge in [-0.25, -0.2) is 0 Å². The molecule has 0 saturated heterocycles. The molecule has 112 valence electrons. The summed E-state index contributed by atoms with van der Waals surface area (Å²) in [6.45, 7) is 4.09. The van der Waals surface area contributed by atoms with Crippen molar-refractivity contribution in [3.8, 4) is 0 Å². The summed E-state index contributed by atoms with van der Waals surface area (Å²) >= 11 is 0. The third kappa shape index (κ3) is 2.99. The van der Waals surface area contributed by atoms with E-state index in [2.05, 4.69) is 5.10 Å². The number of hydrogen-bond donors (Lipinski definition) is 0. The summed E-state index contributed by atoms with van der Waals surface area (Å²) in [6, 6.07) is 6.37. The number of rotatable bonds is 4. The molecule has 0 atom stereocenters. The van der Waals surface area contributed by atoms with Crippen molar-refractivity contribution in [2.24, 2.45) is 0 Å². The Morgan fingerprint density at radius 3 is 2.48 bits per heavy atom. The van der Waals surface area contributed by atoms with E-state index in [0.717, 1.165) is 6.07 Å². The van der Waals surface area contributed by atoms with Gasteiger partial charge in [0.2, 0.25) is 5.78 Å². The van der Waals surface area contributed by atoms with Gasteiger partial charge in [0.1, 0.15) is 5.69 Å². The number of aryl methyl sites for hydroxylation is 2. The molecule has 1 aromatic carbocycles. The Morgan fingerprint density at radius 2 is 1.90 bits per heavy atom. The van der Waals surface area contributed by atoms with Gasteiger partial charge in [0.25, 0.3) is 0 Å². The Labute approximate surface area is 120 Å². The fourth-order valence-electron chi connectivity index (χ4n) is 2.13. The largest absolute Gasteiger partial charge is 0.417 e. The van der Waals surface area contributed by atoms with E-state index in [9.17, 15) is 18.0 Å². The van der Waals surface area contributed by atoms with Gasteiger partial charge in [-0.15, -0.1) is 0 Å². The lowest BCUT2D eigenvalue weighted by Gasteiger charge is -2.12. The highest BCUT2D eigenvalue weighted by atomic mass is 19.4. The second-order valence-corrected chi connectivity index (χ2v) is 4.56. The van der Waals surface area contributed by atoms with Crippen molar-refractivity contribution < 1.29 is 18.0 Å². The number of carbonyl (C=O) groups is 1. The molecule has 0 N–H and O–H groups in total. The highest BCUT2D eigenvalue weighted by molar-refractivity contribution is 6.09. The van der Waals surface area contributed by atoms with E-state index >= 15 is 0 Å². The fourth-order valence-corrected chi connectivity index (χ4v) is 2.13. The maximum Gasteiger partial charge on any atom is 0.417 e. The first kappa shape index (κ1) is 15.3. The number of ketones is 1. The molecule has 1 heterocycles. The van der Waals surface area contributed by atoms with Gasteiger partial charge < -0.3 is 0 Å². The highest BCUT2D eigenvalue weighted by Crippen LogP contribution is 2.32. The molecule has 1 aromatic heterocycles. The van der Waals surface area contributed by atoms with Crippen LogP contribution in [0.2, 0.25) is 0 Å². The molecule has 0 saturated carbocycles. The summed E-state index contributed by atoms with van der Waals surface area (Å²) in [7, 11) is 0. The van der Waals surface area contributed by atoms with Crippen LogP contribution in [0.15, 0.2) is 30.3 Å². The Morgan fingerprint density at radius 1 is 1.24 bits per heavy atom. The Balaban J connectivity index is 2.53. The van der Waals surface area contributed by atoms with Crippen molar-refractivity contribution in [2.45, 2.75) is 33.0 Å². The molecular formula is C15H15F3N2O. The lowest BCUT2D eigenvalue weighted by Crippen LogP contribution is -2.16. The average Bonchev–Trinajstić information content (AvgIpc) is 2.89. The van der Waals surface area contributed by atoms with Crippen molar-refractivity contribution in [3.63, 3.8) is 0 Å². The Hall–Kier alpha value is -2.11. The number of nitrogens with zero attached hydrogens (tertiary/aromatic N) is 2. The molecule has 0 fully saturated rings. The minimum absolute atomic E-state index is 0.186. The van der Waals surface area contributed by atoms with Crippen molar-refractivity contribution in [1.29, 1.82) is 0 Å². The molecule has 0 aliphatic heterocycles. The van der Waals surface area contributed by atoms with Crippen LogP contribution in [0.1, 0.15) is 41.2 Å². The predicted molar refractivity (Wildman–Crippen MR) is 72.2 cm³/mol. The number of aromatic nitrogens is 2. The van der Waals surface area contributed by atoms with E-state index in [0.29, 0.717) is 18.7 Å². The lowest BCUT2D eigenvalue weighted by molar-refractivity contribution is -0.137. The van der Waals surface area contributed by atoms with Crippen LogP contribution >= 0.6 is 0 Å². The number of hydrogen-bond acceptors (Lipinski definition) is 2. The van der Waals surface area contributed by atoms with Gasteiger partial charge in [-0.05, 0) is 25.5 Å². The smallest absolute Gasteiger partial charge is 0.287 e. The zero-order valence-corrected chi connectivity index (χ0v) is 11.7. The lowest BCUT2D eigenvalue weighted by atomic mass is 10.0. The van der Waals surface area contributed by atoms with E-state index in [-0.39, 0.29) is 11.3 Å². The van der Waals surface area contributed by atoms with Crippen LogP contribution in [0.5, 0.6) is 0 Å². The van der Waals surface area contributed by atoms with Crippen molar-refractivity contribution in [3.05, 3.63) is 52.8 Å². The van der Waals surface area contributed by atoms with E-state index in [1.54, 1.807) is 13.0 Å². The molecule has 2 aromatic rings. The summed E-state index contributed by atoms with van der Waals surface area (Å²) in [6.07, 6.45) is -3.94. The Kier molecular flexibility index (Phi) is 4.16. The number of alkyl halides is 3. The summed E-state index contributed by atoms with van der Waals surface area (Å²) in [4.78, 5) is 12.5. The minimum Gasteiger partial charge on any atom is -0.287 e. The molecule has 0 bridgehead atoms. The monoisotopic (exact) mass is 296 g/mol. The first-order chi connectivity index (χ1) is 9.88. The molecule has 0 aliphatic rings. The summed E-state index contributed by atoms with van der Waals surface area (Å²) in [5.74, 6) is -0.656. The molecule has 0 radical (unpaired) electrons. The van der Waals surface area contributed by atoms with Gasteiger partial charge in [-0.1, -0.05) is 25.1 Å². The third-order valence-corrected chi connectivity index (χ3v) is 3.20. The van der Waals surface area contributed by atoms with Crippen LogP contribution in [0.4, 0.5) is 13.2 Å². The van der Waals surface area contributed by atoms with E-state index in [4.69, 9.17) is 0 Å². The highest BCUT2D eigenvalue weighted by Gasteiger charge is 2.35. The van der Waals surface area contributed by atoms with Crippen molar-refractivity contribution in [1.82, 2.24) is 9.78 Å². The van der Waals surface area contributed by atoms with Gasteiger partial charge >= 0.3 is 6.18 Å². The Bertz CT molecular complexity index is 659. The first-order valence-corrected chi connectivity index (χ1v) is 6.66. The van der Waals surface area contributed by atoms with E-state index in [1.807, 2.05) is 6.92 Å². The zero-order valence-electron chi connectivity index (χ0n) is 11.7. The van der Waals surface area contributed by atoms with Crippen LogP contribution in [-0.2, 0) is 19.1 Å².